The Morgan fingerprint density at radius 1 is 0.941 bits per heavy atom. The largest absolute Gasteiger partial charge is 0.372 e. The molecule has 0 aliphatic carbocycles. The smallest absolute Gasteiger partial charge is 0.255 e. The molecule has 0 saturated carbocycles. The molecular formula is C25H25Cl2N3O3S. The van der Waals surface area contributed by atoms with Gasteiger partial charge in [-0.25, -0.2) is 8.42 Å². The van der Waals surface area contributed by atoms with Crippen LogP contribution in [0.5, 0.6) is 0 Å². The Morgan fingerprint density at radius 3 is 2.09 bits per heavy atom. The molecule has 6 nitrogen and oxygen atoms in total. The Kier molecular flexibility index (Phi) is 7.36. The third-order valence-electron chi connectivity index (χ3n) is 5.67. The molecule has 1 aliphatic rings. The van der Waals surface area contributed by atoms with E-state index in [0.29, 0.717) is 26.9 Å². The number of hydrogen-bond acceptors (Lipinski definition) is 4. The topological polar surface area (TPSA) is 69.7 Å². The molecule has 1 heterocycles. The fourth-order valence-corrected chi connectivity index (χ4v) is 5.33. The van der Waals surface area contributed by atoms with Crippen molar-refractivity contribution in [2.45, 2.75) is 19.4 Å². The van der Waals surface area contributed by atoms with Gasteiger partial charge in [-0.1, -0.05) is 35.3 Å². The predicted molar refractivity (Wildman–Crippen MR) is 140 cm³/mol. The minimum absolute atomic E-state index is 0.0787. The fraction of sp³-hybridized carbons (Fsp3) is 0.240. The predicted octanol–water partition coefficient (Wildman–Crippen LogP) is 5.81. The molecule has 1 aliphatic heterocycles. The highest BCUT2D eigenvalue weighted by Gasteiger charge is 2.19. The zero-order valence-electron chi connectivity index (χ0n) is 18.7. The SMILES string of the molecule is CS(=O)(=O)N(Cc1ccc(C(=O)Nc2ccc(N3CCCC3)cc2)cc1)c1cc(Cl)cc(Cl)c1. The third kappa shape index (κ3) is 6.03. The second kappa shape index (κ2) is 10.3. The molecule has 9 heteroatoms. The van der Waals surface area contributed by atoms with Gasteiger partial charge in [0.05, 0.1) is 18.5 Å². The van der Waals surface area contributed by atoms with Gasteiger partial charge in [-0.2, -0.15) is 0 Å². The summed E-state index contributed by atoms with van der Waals surface area (Å²) in [5.41, 5.74) is 3.45. The molecule has 0 spiro atoms. The first-order valence-corrected chi connectivity index (χ1v) is 13.5. The highest BCUT2D eigenvalue weighted by molar-refractivity contribution is 7.92. The van der Waals surface area contributed by atoms with Crippen molar-refractivity contribution in [2.24, 2.45) is 0 Å². The lowest BCUT2D eigenvalue weighted by Crippen LogP contribution is -2.29. The van der Waals surface area contributed by atoms with Crippen LogP contribution in [0.3, 0.4) is 0 Å². The van der Waals surface area contributed by atoms with Crippen LogP contribution >= 0.6 is 23.2 Å². The number of carbonyl (C=O) groups is 1. The molecule has 178 valence electrons. The van der Waals surface area contributed by atoms with Gasteiger partial charge in [-0.05, 0) is 73.0 Å². The Bertz CT molecular complexity index is 1250. The summed E-state index contributed by atoms with van der Waals surface area (Å²) < 4.78 is 26.1. The molecule has 0 unspecified atom stereocenters. The lowest BCUT2D eigenvalue weighted by Gasteiger charge is -2.23. The van der Waals surface area contributed by atoms with Crippen LogP contribution in [0.4, 0.5) is 17.1 Å². The van der Waals surface area contributed by atoms with Gasteiger partial charge < -0.3 is 10.2 Å². The van der Waals surface area contributed by atoms with Crippen LogP contribution in [0.2, 0.25) is 10.0 Å². The number of benzene rings is 3. The van der Waals surface area contributed by atoms with E-state index in [-0.39, 0.29) is 12.5 Å². The minimum Gasteiger partial charge on any atom is -0.372 e. The van der Waals surface area contributed by atoms with E-state index < -0.39 is 10.0 Å². The van der Waals surface area contributed by atoms with Crippen molar-refractivity contribution in [3.8, 4) is 0 Å². The van der Waals surface area contributed by atoms with Crippen molar-refractivity contribution in [3.05, 3.63) is 87.9 Å². The van der Waals surface area contributed by atoms with Gasteiger partial charge in [0.1, 0.15) is 0 Å². The number of anilines is 3. The first-order valence-electron chi connectivity index (χ1n) is 10.9. The second-order valence-corrected chi connectivity index (χ2v) is 11.1. The van der Waals surface area contributed by atoms with E-state index in [1.54, 1.807) is 42.5 Å². The molecule has 1 fully saturated rings. The zero-order valence-corrected chi connectivity index (χ0v) is 21.0. The number of nitrogens with zero attached hydrogens (tertiary/aromatic N) is 2. The van der Waals surface area contributed by atoms with Gasteiger partial charge in [-0.15, -0.1) is 0 Å². The Labute approximate surface area is 210 Å². The lowest BCUT2D eigenvalue weighted by molar-refractivity contribution is 0.102. The standard InChI is InChI=1S/C25H25Cl2N3O3S/c1-34(32,33)30(24-15-20(26)14-21(27)16-24)17-18-4-6-19(7-5-18)25(31)28-22-8-10-23(11-9-22)29-12-2-3-13-29/h4-11,14-16H,2-3,12-13,17H2,1H3,(H,28,31). The summed E-state index contributed by atoms with van der Waals surface area (Å²) in [6.07, 6.45) is 3.55. The van der Waals surface area contributed by atoms with Crippen molar-refractivity contribution in [2.75, 3.05) is 33.9 Å². The van der Waals surface area contributed by atoms with Crippen LogP contribution in [0.25, 0.3) is 0 Å². The first-order chi connectivity index (χ1) is 16.2. The van der Waals surface area contributed by atoms with Gasteiger partial charge in [-0.3, -0.25) is 9.10 Å². The zero-order chi connectivity index (χ0) is 24.3. The maximum atomic E-state index is 12.7. The molecule has 3 aromatic rings. The van der Waals surface area contributed by atoms with Crippen LogP contribution in [-0.4, -0.2) is 33.7 Å². The van der Waals surface area contributed by atoms with Gasteiger partial charge in [0, 0.05) is 40.1 Å². The Morgan fingerprint density at radius 2 is 1.53 bits per heavy atom. The fourth-order valence-electron chi connectivity index (χ4n) is 3.94. The van der Waals surface area contributed by atoms with Crippen molar-refractivity contribution >= 4 is 56.2 Å². The van der Waals surface area contributed by atoms with Crippen molar-refractivity contribution in [1.82, 2.24) is 0 Å². The average Bonchev–Trinajstić information content (AvgIpc) is 3.32. The molecule has 34 heavy (non-hydrogen) atoms. The highest BCUT2D eigenvalue weighted by Crippen LogP contribution is 2.28. The van der Waals surface area contributed by atoms with Gasteiger partial charge in [0.25, 0.3) is 5.91 Å². The van der Waals surface area contributed by atoms with E-state index in [2.05, 4.69) is 10.2 Å². The van der Waals surface area contributed by atoms with Crippen LogP contribution in [0.15, 0.2) is 66.7 Å². The number of halogens is 2. The summed E-state index contributed by atoms with van der Waals surface area (Å²) in [5, 5.41) is 3.59. The first kappa shape index (κ1) is 24.4. The summed E-state index contributed by atoms with van der Waals surface area (Å²) in [4.78, 5) is 15.0. The van der Waals surface area contributed by atoms with E-state index in [9.17, 15) is 13.2 Å². The molecular weight excluding hydrogens is 493 g/mol. The van der Waals surface area contributed by atoms with E-state index in [1.807, 2.05) is 24.3 Å². The number of carbonyl (C=O) groups excluding carboxylic acids is 1. The van der Waals surface area contributed by atoms with Crippen LogP contribution in [0, 0.1) is 0 Å². The monoisotopic (exact) mass is 517 g/mol. The van der Waals surface area contributed by atoms with Gasteiger partial charge in [0.2, 0.25) is 10.0 Å². The quantitative estimate of drug-likeness (QED) is 0.429. The molecule has 0 atom stereocenters. The van der Waals surface area contributed by atoms with E-state index >= 15 is 0 Å². The molecule has 0 aromatic heterocycles. The summed E-state index contributed by atoms with van der Waals surface area (Å²) in [7, 11) is -3.59. The maximum absolute atomic E-state index is 12.7. The molecule has 1 amide bonds. The molecule has 0 radical (unpaired) electrons. The van der Waals surface area contributed by atoms with E-state index in [0.717, 1.165) is 30.7 Å². The lowest BCUT2D eigenvalue weighted by atomic mass is 10.1. The minimum atomic E-state index is -3.59. The Balaban J connectivity index is 1.44. The van der Waals surface area contributed by atoms with Gasteiger partial charge in [0.15, 0.2) is 0 Å². The van der Waals surface area contributed by atoms with Crippen LogP contribution < -0.4 is 14.5 Å². The molecule has 0 bridgehead atoms. The summed E-state index contributed by atoms with van der Waals surface area (Å²) in [6.45, 7) is 2.22. The number of nitrogens with one attached hydrogen (secondary N) is 1. The highest BCUT2D eigenvalue weighted by atomic mass is 35.5. The molecule has 1 saturated heterocycles. The normalized spacial score (nSPS) is 13.7. The third-order valence-corrected chi connectivity index (χ3v) is 7.25. The number of rotatable bonds is 7. The number of sulfonamides is 1. The van der Waals surface area contributed by atoms with Crippen molar-refractivity contribution in [1.29, 1.82) is 0 Å². The van der Waals surface area contributed by atoms with Crippen LogP contribution in [-0.2, 0) is 16.6 Å². The van der Waals surface area contributed by atoms with Gasteiger partial charge >= 0.3 is 0 Å². The summed E-state index contributed by atoms with van der Waals surface area (Å²) in [6, 6.07) is 19.3. The molecule has 4 rings (SSSR count). The summed E-state index contributed by atoms with van der Waals surface area (Å²) >= 11 is 12.1. The maximum Gasteiger partial charge on any atom is 0.255 e. The molecule has 3 aromatic carbocycles. The second-order valence-electron chi connectivity index (χ2n) is 8.29. The number of hydrogen-bond donors (Lipinski definition) is 1. The molecule has 1 N–H and O–H groups in total. The Hall–Kier alpha value is -2.74. The van der Waals surface area contributed by atoms with Crippen molar-refractivity contribution in [3.63, 3.8) is 0 Å². The number of amides is 1. The van der Waals surface area contributed by atoms with Crippen molar-refractivity contribution < 1.29 is 13.2 Å². The van der Waals surface area contributed by atoms with E-state index in [1.165, 1.54) is 17.1 Å². The average molecular weight is 518 g/mol. The summed E-state index contributed by atoms with van der Waals surface area (Å²) in [5.74, 6) is -0.234. The van der Waals surface area contributed by atoms with E-state index in [4.69, 9.17) is 23.2 Å². The van der Waals surface area contributed by atoms with Crippen LogP contribution in [0.1, 0.15) is 28.8 Å².